The third-order valence-corrected chi connectivity index (χ3v) is 2.78. The van der Waals surface area contributed by atoms with Crippen LogP contribution in [-0.4, -0.2) is 36.6 Å². The minimum absolute atomic E-state index is 0.0482. The van der Waals surface area contributed by atoms with Gasteiger partial charge in [0.2, 0.25) is 11.8 Å². The molecule has 0 bridgehead atoms. The van der Waals surface area contributed by atoms with Crippen molar-refractivity contribution in [1.29, 1.82) is 0 Å². The van der Waals surface area contributed by atoms with Gasteiger partial charge in [0.15, 0.2) is 0 Å². The van der Waals surface area contributed by atoms with Gasteiger partial charge in [0, 0.05) is 13.0 Å². The first-order valence-corrected chi connectivity index (χ1v) is 6.44. The second-order valence-electron chi connectivity index (χ2n) is 5.81. The van der Waals surface area contributed by atoms with Crippen molar-refractivity contribution in [1.82, 2.24) is 10.6 Å². The first-order valence-electron chi connectivity index (χ1n) is 6.44. The van der Waals surface area contributed by atoms with Gasteiger partial charge in [0.1, 0.15) is 6.04 Å². The van der Waals surface area contributed by atoms with Crippen molar-refractivity contribution in [2.45, 2.75) is 58.3 Å². The van der Waals surface area contributed by atoms with Crippen molar-refractivity contribution in [3.63, 3.8) is 0 Å². The maximum Gasteiger partial charge on any atom is 0.245 e. The highest BCUT2D eigenvalue weighted by Crippen LogP contribution is 2.29. The monoisotopic (exact) mass is 256 g/mol. The Morgan fingerprint density at radius 1 is 1.28 bits per heavy atom. The third kappa shape index (κ3) is 4.64. The molecule has 0 aromatic rings. The molecule has 0 radical (unpaired) electrons. The predicted molar refractivity (Wildman–Crippen MR) is 69.0 cm³/mol. The van der Waals surface area contributed by atoms with Gasteiger partial charge in [-0.15, -0.1) is 0 Å². The van der Waals surface area contributed by atoms with Crippen LogP contribution in [0.25, 0.3) is 0 Å². The van der Waals surface area contributed by atoms with Crippen molar-refractivity contribution < 1.29 is 14.3 Å². The molecule has 2 N–H and O–H groups in total. The quantitative estimate of drug-likeness (QED) is 0.765. The Hall–Kier alpha value is -1.10. The number of nitrogens with one attached hydrogen (secondary N) is 2. The third-order valence-electron chi connectivity index (χ3n) is 2.78. The molecule has 2 amide bonds. The molecule has 1 saturated carbocycles. The van der Waals surface area contributed by atoms with Crippen molar-refractivity contribution >= 4 is 11.8 Å². The molecule has 0 aromatic carbocycles. The lowest BCUT2D eigenvalue weighted by molar-refractivity contribution is -0.137. The largest absolute Gasteiger partial charge is 0.370 e. The molecule has 0 heterocycles. The Bertz CT molecular complexity index is 319. The molecule has 1 fully saturated rings. The summed E-state index contributed by atoms with van der Waals surface area (Å²) in [5.41, 5.74) is -0.351. The van der Waals surface area contributed by atoms with Crippen LogP contribution in [0.5, 0.6) is 0 Å². The van der Waals surface area contributed by atoms with E-state index in [0.717, 1.165) is 12.8 Å². The Morgan fingerprint density at radius 3 is 2.22 bits per heavy atom. The highest BCUT2D eigenvalue weighted by molar-refractivity contribution is 5.89. The van der Waals surface area contributed by atoms with E-state index in [0.29, 0.717) is 0 Å². The fourth-order valence-corrected chi connectivity index (χ4v) is 1.79. The second kappa shape index (κ2) is 5.69. The maximum absolute atomic E-state index is 11.8. The lowest BCUT2D eigenvalue weighted by atomic mass is 10.1. The predicted octanol–water partition coefficient (Wildman–Crippen LogP) is 0.831. The van der Waals surface area contributed by atoms with E-state index in [2.05, 4.69) is 10.6 Å². The minimum Gasteiger partial charge on any atom is -0.370 e. The van der Waals surface area contributed by atoms with E-state index in [1.54, 1.807) is 14.0 Å². The van der Waals surface area contributed by atoms with Gasteiger partial charge in [-0.25, -0.2) is 0 Å². The highest BCUT2D eigenvalue weighted by atomic mass is 16.5. The zero-order chi connectivity index (χ0) is 13.9. The first-order chi connectivity index (χ1) is 8.24. The van der Waals surface area contributed by atoms with E-state index in [1.807, 2.05) is 20.8 Å². The summed E-state index contributed by atoms with van der Waals surface area (Å²) in [4.78, 5) is 23.6. The van der Waals surface area contributed by atoms with E-state index in [1.165, 1.54) is 0 Å². The summed E-state index contributed by atoms with van der Waals surface area (Å²) in [6.45, 7) is 7.58. The van der Waals surface area contributed by atoms with E-state index in [-0.39, 0.29) is 29.4 Å². The topological polar surface area (TPSA) is 67.4 Å². The van der Waals surface area contributed by atoms with E-state index in [4.69, 9.17) is 4.74 Å². The Labute approximate surface area is 109 Å². The molecule has 0 aliphatic heterocycles. The van der Waals surface area contributed by atoms with Gasteiger partial charge < -0.3 is 15.4 Å². The smallest absolute Gasteiger partial charge is 0.245 e. The average Bonchev–Trinajstić information content (AvgIpc) is 3.05. The number of carbonyl (C=O) groups is 2. The van der Waals surface area contributed by atoms with Gasteiger partial charge >= 0.3 is 0 Å². The van der Waals surface area contributed by atoms with Crippen LogP contribution in [0.1, 0.15) is 40.5 Å². The SMILES string of the molecule is CNC(=O)[C@@H](NC(=O)C1CC1)[C@@H](C)OC(C)(C)C. The lowest BCUT2D eigenvalue weighted by Gasteiger charge is -2.30. The van der Waals surface area contributed by atoms with E-state index < -0.39 is 6.04 Å². The molecule has 1 aliphatic rings. The summed E-state index contributed by atoms with van der Waals surface area (Å²) < 4.78 is 5.75. The minimum atomic E-state index is -0.637. The van der Waals surface area contributed by atoms with Crippen LogP contribution in [-0.2, 0) is 14.3 Å². The summed E-state index contributed by atoms with van der Waals surface area (Å²) in [6.07, 6.45) is 1.47. The van der Waals surface area contributed by atoms with Crippen molar-refractivity contribution in [3.05, 3.63) is 0 Å². The molecule has 0 saturated heterocycles. The Kier molecular flexibility index (Phi) is 4.73. The van der Waals surface area contributed by atoms with Crippen LogP contribution in [0, 0.1) is 5.92 Å². The number of likely N-dealkylation sites (N-methyl/N-ethyl adjacent to an activating group) is 1. The van der Waals surface area contributed by atoms with Crippen LogP contribution < -0.4 is 10.6 Å². The second-order valence-corrected chi connectivity index (χ2v) is 5.81. The standard InChI is InChI=1S/C13H24N2O3/c1-8(18-13(2,3)4)10(12(17)14-5)15-11(16)9-6-7-9/h8-10H,6-7H2,1-5H3,(H,14,17)(H,15,16)/t8-,10+/m1/s1. The summed E-state index contributed by atoms with van der Waals surface area (Å²) in [7, 11) is 1.56. The zero-order valence-electron chi connectivity index (χ0n) is 11.9. The number of hydrogen-bond acceptors (Lipinski definition) is 3. The maximum atomic E-state index is 11.8. The van der Waals surface area contributed by atoms with Gasteiger partial charge in [-0.2, -0.15) is 0 Å². The van der Waals surface area contributed by atoms with Gasteiger partial charge in [-0.3, -0.25) is 9.59 Å². The molecule has 0 spiro atoms. The number of ether oxygens (including phenoxy) is 1. The fourth-order valence-electron chi connectivity index (χ4n) is 1.79. The number of carbonyl (C=O) groups excluding carboxylic acids is 2. The molecule has 5 heteroatoms. The molecule has 104 valence electrons. The van der Waals surface area contributed by atoms with Gasteiger partial charge in [0.05, 0.1) is 11.7 Å². The Balaban J connectivity index is 2.64. The normalized spacial score (nSPS) is 18.9. The number of rotatable bonds is 5. The van der Waals surface area contributed by atoms with E-state index in [9.17, 15) is 9.59 Å². The summed E-state index contributed by atoms with van der Waals surface area (Å²) in [5.74, 6) is -0.187. The van der Waals surface area contributed by atoms with Crippen molar-refractivity contribution in [2.24, 2.45) is 5.92 Å². The van der Waals surface area contributed by atoms with Crippen LogP contribution in [0.4, 0.5) is 0 Å². The van der Waals surface area contributed by atoms with Crippen LogP contribution in [0.15, 0.2) is 0 Å². The first kappa shape index (κ1) is 15.0. The van der Waals surface area contributed by atoms with E-state index >= 15 is 0 Å². The average molecular weight is 256 g/mol. The summed E-state index contributed by atoms with van der Waals surface area (Å²) in [6, 6.07) is -0.637. The molecule has 5 nitrogen and oxygen atoms in total. The van der Waals surface area contributed by atoms with Gasteiger partial charge in [0.25, 0.3) is 0 Å². The molecular weight excluding hydrogens is 232 g/mol. The molecule has 1 rings (SSSR count). The molecule has 18 heavy (non-hydrogen) atoms. The van der Waals surface area contributed by atoms with Gasteiger partial charge in [-0.1, -0.05) is 0 Å². The Morgan fingerprint density at radius 2 is 1.83 bits per heavy atom. The van der Waals surface area contributed by atoms with Gasteiger partial charge in [-0.05, 0) is 40.5 Å². The van der Waals surface area contributed by atoms with Crippen LogP contribution >= 0.6 is 0 Å². The summed E-state index contributed by atoms with van der Waals surface area (Å²) in [5, 5.41) is 5.34. The molecule has 1 aliphatic carbocycles. The van der Waals surface area contributed by atoms with Crippen molar-refractivity contribution in [3.8, 4) is 0 Å². The molecular formula is C13H24N2O3. The molecule has 0 unspecified atom stereocenters. The van der Waals surface area contributed by atoms with Crippen molar-refractivity contribution in [2.75, 3.05) is 7.05 Å². The number of amides is 2. The van der Waals surface area contributed by atoms with Crippen LogP contribution in [0.2, 0.25) is 0 Å². The van der Waals surface area contributed by atoms with Crippen LogP contribution in [0.3, 0.4) is 0 Å². The fraction of sp³-hybridized carbons (Fsp3) is 0.846. The number of hydrogen-bond donors (Lipinski definition) is 2. The molecule has 0 aromatic heterocycles. The zero-order valence-corrected chi connectivity index (χ0v) is 11.9. The lowest BCUT2D eigenvalue weighted by Crippen LogP contribution is -2.54. The highest BCUT2D eigenvalue weighted by Gasteiger charge is 2.35. The molecule has 2 atom stereocenters. The summed E-state index contributed by atoms with van der Waals surface area (Å²) >= 11 is 0.